The van der Waals surface area contributed by atoms with Crippen molar-refractivity contribution in [1.29, 1.82) is 0 Å². The second kappa shape index (κ2) is 5.24. The molecule has 0 unspecified atom stereocenters. The molecule has 0 fully saturated rings. The van der Waals surface area contributed by atoms with E-state index in [0.29, 0.717) is 22.4 Å². The summed E-state index contributed by atoms with van der Waals surface area (Å²) in [6.07, 6.45) is 0. The van der Waals surface area contributed by atoms with Crippen molar-refractivity contribution in [2.24, 2.45) is 0 Å². The van der Waals surface area contributed by atoms with Gasteiger partial charge in [0.2, 0.25) is 0 Å². The van der Waals surface area contributed by atoms with E-state index in [0.717, 1.165) is 5.56 Å². The highest BCUT2D eigenvalue weighted by Crippen LogP contribution is 2.31. The molecule has 0 N–H and O–H groups in total. The van der Waals surface area contributed by atoms with Crippen LogP contribution in [0.1, 0.15) is 5.56 Å². The molecule has 16 heavy (non-hydrogen) atoms. The van der Waals surface area contributed by atoms with E-state index in [4.69, 9.17) is 27.9 Å². The Labute approximate surface area is 105 Å². The van der Waals surface area contributed by atoms with Crippen LogP contribution in [0, 0.1) is 6.07 Å². The third kappa shape index (κ3) is 2.69. The average Bonchev–Trinajstić information content (AvgIpc) is 2.32. The van der Waals surface area contributed by atoms with Crippen molar-refractivity contribution in [1.82, 2.24) is 0 Å². The van der Waals surface area contributed by atoms with Gasteiger partial charge in [-0.15, -0.1) is 0 Å². The van der Waals surface area contributed by atoms with E-state index >= 15 is 0 Å². The maximum absolute atomic E-state index is 5.97. The SMILES string of the molecule is Clc1[c]ccc(OCc2ccccc2)c1Cl. The van der Waals surface area contributed by atoms with Crippen LogP contribution < -0.4 is 4.74 Å². The minimum absolute atomic E-state index is 0.382. The Bertz CT molecular complexity index is 469. The van der Waals surface area contributed by atoms with Crippen LogP contribution in [0.4, 0.5) is 0 Å². The molecule has 0 spiro atoms. The van der Waals surface area contributed by atoms with Crippen molar-refractivity contribution in [3.63, 3.8) is 0 Å². The molecule has 0 saturated carbocycles. The van der Waals surface area contributed by atoms with E-state index in [1.165, 1.54) is 0 Å². The van der Waals surface area contributed by atoms with Crippen LogP contribution in [-0.2, 0) is 6.61 Å². The van der Waals surface area contributed by atoms with Gasteiger partial charge < -0.3 is 4.74 Å². The van der Waals surface area contributed by atoms with Crippen LogP contribution in [0.15, 0.2) is 42.5 Å². The van der Waals surface area contributed by atoms with Gasteiger partial charge in [-0.3, -0.25) is 0 Å². The lowest BCUT2D eigenvalue weighted by molar-refractivity contribution is 0.306. The first-order valence-electron chi connectivity index (χ1n) is 4.80. The smallest absolute Gasteiger partial charge is 0.139 e. The molecule has 0 saturated heterocycles. The number of benzene rings is 2. The van der Waals surface area contributed by atoms with E-state index in [1.54, 1.807) is 12.1 Å². The average molecular weight is 252 g/mol. The summed E-state index contributed by atoms with van der Waals surface area (Å²) in [4.78, 5) is 0. The molecule has 0 aliphatic carbocycles. The van der Waals surface area contributed by atoms with Gasteiger partial charge in [0.25, 0.3) is 0 Å². The van der Waals surface area contributed by atoms with Gasteiger partial charge in [-0.25, -0.2) is 0 Å². The van der Waals surface area contributed by atoms with Gasteiger partial charge in [0.15, 0.2) is 0 Å². The van der Waals surface area contributed by atoms with Gasteiger partial charge in [0.1, 0.15) is 17.4 Å². The summed E-state index contributed by atoms with van der Waals surface area (Å²) in [5.41, 5.74) is 1.09. The normalized spacial score (nSPS) is 10.1. The summed E-state index contributed by atoms with van der Waals surface area (Å²) in [5.74, 6) is 0.578. The molecule has 0 aliphatic rings. The highest BCUT2D eigenvalue weighted by atomic mass is 35.5. The van der Waals surface area contributed by atoms with Gasteiger partial charge in [-0.1, -0.05) is 53.5 Å². The number of ether oxygens (including phenoxy) is 1. The zero-order chi connectivity index (χ0) is 11.4. The van der Waals surface area contributed by atoms with Gasteiger partial charge in [0.05, 0.1) is 5.02 Å². The lowest BCUT2D eigenvalue weighted by Crippen LogP contribution is -1.95. The van der Waals surface area contributed by atoms with Gasteiger partial charge in [-0.05, 0) is 17.7 Å². The molecule has 0 amide bonds. The number of halogens is 2. The third-order valence-corrected chi connectivity index (χ3v) is 2.86. The molecule has 0 aromatic heterocycles. The van der Waals surface area contributed by atoms with Crippen molar-refractivity contribution in [2.75, 3.05) is 0 Å². The highest BCUT2D eigenvalue weighted by Gasteiger charge is 2.05. The monoisotopic (exact) mass is 251 g/mol. The first kappa shape index (κ1) is 11.3. The van der Waals surface area contributed by atoms with Crippen molar-refractivity contribution in [3.8, 4) is 5.75 Å². The second-order valence-electron chi connectivity index (χ2n) is 3.24. The number of hydrogen-bond donors (Lipinski definition) is 0. The molecular weight excluding hydrogens is 243 g/mol. The Morgan fingerprint density at radius 1 is 1.06 bits per heavy atom. The third-order valence-electron chi connectivity index (χ3n) is 2.09. The molecule has 0 aliphatic heterocycles. The van der Waals surface area contributed by atoms with Crippen molar-refractivity contribution in [3.05, 3.63) is 64.1 Å². The van der Waals surface area contributed by atoms with Crippen LogP contribution in [0.25, 0.3) is 0 Å². The van der Waals surface area contributed by atoms with Crippen molar-refractivity contribution < 1.29 is 4.74 Å². The second-order valence-corrected chi connectivity index (χ2v) is 4.00. The summed E-state index contributed by atoms with van der Waals surface area (Å²) in [6.45, 7) is 0.473. The quantitative estimate of drug-likeness (QED) is 0.787. The first-order valence-corrected chi connectivity index (χ1v) is 5.55. The molecular formula is C13H9Cl2O. The predicted octanol–water partition coefficient (Wildman–Crippen LogP) is 4.37. The zero-order valence-corrected chi connectivity index (χ0v) is 9.92. The zero-order valence-electron chi connectivity index (χ0n) is 8.41. The summed E-state index contributed by atoms with van der Waals surface area (Å²) >= 11 is 11.8. The maximum Gasteiger partial charge on any atom is 0.139 e. The Morgan fingerprint density at radius 2 is 1.81 bits per heavy atom. The molecule has 0 bridgehead atoms. The van der Waals surface area contributed by atoms with Crippen LogP contribution in [0.2, 0.25) is 10.0 Å². The number of rotatable bonds is 3. The Balaban J connectivity index is 2.08. The minimum Gasteiger partial charge on any atom is -0.487 e. The molecule has 2 rings (SSSR count). The molecule has 0 heterocycles. The van der Waals surface area contributed by atoms with E-state index < -0.39 is 0 Å². The minimum atomic E-state index is 0.382. The fraction of sp³-hybridized carbons (Fsp3) is 0.0769. The van der Waals surface area contributed by atoms with Gasteiger partial charge in [-0.2, -0.15) is 0 Å². The summed E-state index contributed by atoms with van der Waals surface area (Å²) in [5, 5.41) is 0.785. The van der Waals surface area contributed by atoms with E-state index in [-0.39, 0.29) is 0 Å². The first-order chi connectivity index (χ1) is 7.77. The van der Waals surface area contributed by atoms with Crippen LogP contribution in [0.3, 0.4) is 0 Å². The summed E-state index contributed by atoms with van der Waals surface area (Å²) in [6, 6.07) is 16.1. The van der Waals surface area contributed by atoms with Gasteiger partial charge >= 0.3 is 0 Å². The molecule has 1 radical (unpaired) electrons. The van der Waals surface area contributed by atoms with Crippen LogP contribution in [-0.4, -0.2) is 0 Å². The fourth-order valence-electron chi connectivity index (χ4n) is 1.28. The van der Waals surface area contributed by atoms with E-state index in [2.05, 4.69) is 6.07 Å². The Hall–Kier alpha value is -1.18. The molecule has 1 nitrogen and oxygen atoms in total. The lowest BCUT2D eigenvalue weighted by atomic mass is 10.2. The molecule has 81 valence electrons. The topological polar surface area (TPSA) is 9.23 Å². The summed E-state index contributed by atoms with van der Waals surface area (Å²) in [7, 11) is 0. The van der Waals surface area contributed by atoms with Crippen LogP contribution >= 0.6 is 23.2 Å². The molecule has 0 atom stereocenters. The largest absolute Gasteiger partial charge is 0.487 e. The molecule has 2 aromatic carbocycles. The maximum atomic E-state index is 5.97. The highest BCUT2D eigenvalue weighted by molar-refractivity contribution is 6.42. The fourth-order valence-corrected chi connectivity index (χ4v) is 1.61. The van der Waals surface area contributed by atoms with E-state index in [9.17, 15) is 0 Å². The van der Waals surface area contributed by atoms with Crippen molar-refractivity contribution in [2.45, 2.75) is 6.61 Å². The Kier molecular flexibility index (Phi) is 3.70. The van der Waals surface area contributed by atoms with Crippen LogP contribution in [0.5, 0.6) is 5.75 Å². The van der Waals surface area contributed by atoms with E-state index in [1.807, 2.05) is 30.3 Å². The lowest BCUT2D eigenvalue weighted by Gasteiger charge is -2.08. The molecule has 2 aromatic rings. The molecule has 3 heteroatoms. The van der Waals surface area contributed by atoms with Gasteiger partial charge in [0, 0.05) is 6.07 Å². The van der Waals surface area contributed by atoms with Crippen molar-refractivity contribution >= 4 is 23.2 Å². The number of hydrogen-bond acceptors (Lipinski definition) is 1. The summed E-state index contributed by atoms with van der Waals surface area (Å²) < 4.78 is 5.57. The predicted molar refractivity (Wildman–Crippen MR) is 66.1 cm³/mol. The Morgan fingerprint density at radius 3 is 2.56 bits per heavy atom. The standard InChI is InChI=1S/C13H9Cl2O/c14-11-7-4-8-12(13(11)15)16-9-10-5-2-1-3-6-10/h1-6,8H,9H2.